The Kier molecular flexibility index (Phi) is 4.38. The summed E-state index contributed by atoms with van der Waals surface area (Å²) in [6, 6.07) is 2.10. The van der Waals surface area contributed by atoms with Gasteiger partial charge in [0.1, 0.15) is 0 Å². The molecule has 0 amide bonds. The predicted octanol–water partition coefficient (Wildman–Crippen LogP) is 3.41. The van der Waals surface area contributed by atoms with E-state index in [4.69, 9.17) is 9.47 Å². The zero-order chi connectivity index (χ0) is 14.0. The smallest absolute Gasteiger partial charge is 0.205 e. The lowest BCUT2D eigenvalue weighted by molar-refractivity contribution is -0.0569. The summed E-state index contributed by atoms with van der Waals surface area (Å²) in [7, 11) is 0. The minimum Gasteiger partial charge on any atom is -0.354 e. The van der Waals surface area contributed by atoms with Gasteiger partial charge in [0.05, 0.1) is 22.5 Å². The van der Waals surface area contributed by atoms with Gasteiger partial charge in [0.15, 0.2) is 6.23 Å². The van der Waals surface area contributed by atoms with Crippen molar-refractivity contribution in [1.29, 1.82) is 0 Å². The van der Waals surface area contributed by atoms with E-state index < -0.39 is 0 Å². The summed E-state index contributed by atoms with van der Waals surface area (Å²) in [5, 5.41) is 4.37. The van der Waals surface area contributed by atoms with Crippen LogP contribution in [0, 0.1) is 6.92 Å². The second-order valence-corrected chi connectivity index (χ2v) is 6.85. The number of aromatic nitrogens is 1. The molecular weight excluding hydrogens is 260 g/mol. The maximum absolute atomic E-state index is 5.73. The van der Waals surface area contributed by atoms with Crippen LogP contribution in [0.2, 0.25) is 0 Å². The first-order valence-electron chi connectivity index (χ1n) is 6.58. The number of ether oxygens (including phenoxy) is 2. The molecule has 1 N–H and O–H groups in total. The molecule has 1 aromatic heterocycles. The molecule has 1 aromatic rings. The van der Waals surface area contributed by atoms with E-state index in [9.17, 15) is 0 Å². The third-order valence-corrected chi connectivity index (χ3v) is 3.40. The van der Waals surface area contributed by atoms with Gasteiger partial charge >= 0.3 is 0 Å². The summed E-state index contributed by atoms with van der Waals surface area (Å²) >= 11 is 1.75. The molecule has 2 atom stereocenters. The standard InChI is InChI=1S/C14H22N2O2S/c1-6-19-11-7-9(2)10(8-15-11)16-12-13(17-12)18-14(3,4)5/h7-8,12-13,16H,6H2,1-5H3. The third kappa shape index (κ3) is 4.37. The molecule has 0 radical (unpaired) electrons. The molecule has 0 spiro atoms. The fourth-order valence-electron chi connectivity index (χ4n) is 1.70. The molecule has 1 aliphatic heterocycles. The van der Waals surface area contributed by atoms with E-state index in [0.717, 1.165) is 16.5 Å². The van der Waals surface area contributed by atoms with Crippen molar-refractivity contribution in [3.8, 4) is 0 Å². The highest BCUT2D eigenvalue weighted by Gasteiger charge is 2.43. The molecule has 1 aliphatic rings. The monoisotopic (exact) mass is 282 g/mol. The molecule has 19 heavy (non-hydrogen) atoms. The summed E-state index contributed by atoms with van der Waals surface area (Å²) in [5.41, 5.74) is 2.00. The third-order valence-electron chi connectivity index (χ3n) is 2.60. The largest absolute Gasteiger partial charge is 0.354 e. The SMILES string of the molecule is CCSc1cc(C)c(NC2OC2OC(C)(C)C)cn1. The number of hydrogen-bond acceptors (Lipinski definition) is 5. The Morgan fingerprint density at radius 2 is 2.21 bits per heavy atom. The number of hydrogen-bond donors (Lipinski definition) is 1. The van der Waals surface area contributed by atoms with Gasteiger partial charge in [-0.15, -0.1) is 11.8 Å². The van der Waals surface area contributed by atoms with Crippen molar-refractivity contribution in [2.75, 3.05) is 11.1 Å². The van der Waals surface area contributed by atoms with E-state index in [0.29, 0.717) is 0 Å². The predicted molar refractivity (Wildman–Crippen MR) is 78.5 cm³/mol. The number of aryl methyl sites for hydroxylation is 1. The maximum atomic E-state index is 5.73. The summed E-state index contributed by atoms with van der Waals surface area (Å²) in [4.78, 5) is 4.41. The van der Waals surface area contributed by atoms with Crippen LogP contribution in [-0.2, 0) is 9.47 Å². The number of anilines is 1. The second kappa shape index (κ2) is 5.69. The number of nitrogens with zero attached hydrogens (tertiary/aromatic N) is 1. The molecular formula is C14H22N2O2S. The van der Waals surface area contributed by atoms with Crippen LogP contribution in [0.3, 0.4) is 0 Å². The average Bonchev–Trinajstić information content (AvgIpc) is 2.98. The van der Waals surface area contributed by atoms with Crippen LogP contribution in [0.4, 0.5) is 5.69 Å². The number of epoxide rings is 1. The molecule has 2 rings (SSSR count). The lowest BCUT2D eigenvalue weighted by Crippen LogP contribution is -2.23. The first-order chi connectivity index (χ1) is 8.89. The van der Waals surface area contributed by atoms with Crippen LogP contribution in [0.5, 0.6) is 0 Å². The lowest BCUT2D eigenvalue weighted by atomic mass is 10.2. The first kappa shape index (κ1) is 14.6. The number of pyridine rings is 1. The molecule has 5 heteroatoms. The highest BCUT2D eigenvalue weighted by atomic mass is 32.2. The van der Waals surface area contributed by atoms with E-state index in [-0.39, 0.29) is 18.1 Å². The van der Waals surface area contributed by atoms with Crippen LogP contribution >= 0.6 is 11.8 Å². The Hall–Kier alpha value is -0.780. The van der Waals surface area contributed by atoms with E-state index in [1.54, 1.807) is 11.8 Å². The van der Waals surface area contributed by atoms with Crippen molar-refractivity contribution >= 4 is 17.4 Å². The van der Waals surface area contributed by atoms with E-state index in [2.05, 4.69) is 30.2 Å². The van der Waals surface area contributed by atoms with Crippen LogP contribution in [0.25, 0.3) is 0 Å². The number of thioether (sulfide) groups is 1. The molecule has 0 aliphatic carbocycles. The van der Waals surface area contributed by atoms with Crippen LogP contribution in [0.15, 0.2) is 17.3 Å². The van der Waals surface area contributed by atoms with Gasteiger partial charge in [0.25, 0.3) is 0 Å². The van der Waals surface area contributed by atoms with E-state index in [1.807, 2.05) is 27.0 Å². The minimum atomic E-state index is -0.185. The van der Waals surface area contributed by atoms with Gasteiger partial charge in [-0.1, -0.05) is 6.92 Å². The van der Waals surface area contributed by atoms with Crippen LogP contribution < -0.4 is 5.32 Å². The van der Waals surface area contributed by atoms with Crippen molar-refractivity contribution < 1.29 is 9.47 Å². The van der Waals surface area contributed by atoms with Gasteiger partial charge < -0.3 is 14.8 Å². The molecule has 0 saturated carbocycles. The van der Waals surface area contributed by atoms with Crippen molar-refractivity contribution in [2.24, 2.45) is 0 Å². The van der Waals surface area contributed by atoms with Crippen molar-refractivity contribution in [3.05, 3.63) is 17.8 Å². The Bertz CT molecular complexity index is 446. The summed E-state index contributed by atoms with van der Waals surface area (Å²) in [6.07, 6.45) is 1.64. The molecule has 4 nitrogen and oxygen atoms in total. The minimum absolute atomic E-state index is 0.0654. The summed E-state index contributed by atoms with van der Waals surface area (Å²) in [6.45, 7) is 10.3. The molecule has 1 saturated heterocycles. The zero-order valence-electron chi connectivity index (χ0n) is 12.2. The topological polar surface area (TPSA) is 46.7 Å². The van der Waals surface area contributed by atoms with E-state index >= 15 is 0 Å². The van der Waals surface area contributed by atoms with E-state index in [1.165, 1.54) is 5.56 Å². The molecule has 2 heterocycles. The fraction of sp³-hybridized carbons (Fsp3) is 0.643. The highest BCUT2D eigenvalue weighted by molar-refractivity contribution is 7.99. The maximum Gasteiger partial charge on any atom is 0.205 e. The Balaban J connectivity index is 1.91. The van der Waals surface area contributed by atoms with Crippen molar-refractivity contribution in [3.63, 3.8) is 0 Å². The Morgan fingerprint density at radius 3 is 2.79 bits per heavy atom. The average molecular weight is 282 g/mol. The quantitative estimate of drug-likeness (QED) is 0.662. The van der Waals surface area contributed by atoms with Gasteiger partial charge in [0.2, 0.25) is 6.29 Å². The first-order valence-corrected chi connectivity index (χ1v) is 7.57. The fourth-order valence-corrected chi connectivity index (χ4v) is 2.38. The molecule has 1 fully saturated rings. The normalized spacial score (nSPS) is 22.4. The number of nitrogens with one attached hydrogen (secondary N) is 1. The molecule has 0 aromatic carbocycles. The Morgan fingerprint density at radius 1 is 1.47 bits per heavy atom. The van der Waals surface area contributed by atoms with Crippen LogP contribution in [-0.4, -0.2) is 28.9 Å². The zero-order valence-corrected chi connectivity index (χ0v) is 13.0. The number of rotatable bonds is 5. The van der Waals surface area contributed by atoms with Crippen LogP contribution in [0.1, 0.15) is 33.3 Å². The summed E-state index contributed by atoms with van der Waals surface area (Å²) < 4.78 is 11.2. The van der Waals surface area contributed by atoms with Crippen molar-refractivity contribution in [1.82, 2.24) is 4.98 Å². The van der Waals surface area contributed by atoms with Crippen molar-refractivity contribution in [2.45, 2.75) is 57.8 Å². The lowest BCUT2D eigenvalue weighted by Gasteiger charge is -2.17. The van der Waals surface area contributed by atoms with Gasteiger partial charge in [-0.3, -0.25) is 0 Å². The van der Waals surface area contributed by atoms with Gasteiger partial charge in [0, 0.05) is 0 Å². The van der Waals surface area contributed by atoms with Gasteiger partial charge in [-0.05, 0) is 45.1 Å². The highest BCUT2D eigenvalue weighted by Crippen LogP contribution is 2.30. The molecule has 0 bridgehead atoms. The second-order valence-electron chi connectivity index (χ2n) is 5.57. The Labute approximate surface area is 119 Å². The summed E-state index contributed by atoms with van der Waals surface area (Å²) in [5.74, 6) is 1.03. The molecule has 2 unspecified atom stereocenters. The van der Waals surface area contributed by atoms with Gasteiger partial charge in [-0.2, -0.15) is 0 Å². The van der Waals surface area contributed by atoms with Gasteiger partial charge in [-0.25, -0.2) is 4.98 Å². The molecule has 106 valence electrons.